The molecule has 1 amide bonds. The van der Waals surface area contributed by atoms with Crippen LogP contribution in [0.15, 0.2) is 18.2 Å². The summed E-state index contributed by atoms with van der Waals surface area (Å²) in [6.45, 7) is 11.4. The number of anilines is 1. The highest BCUT2D eigenvalue weighted by molar-refractivity contribution is 5.79. The minimum absolute atomic E-state index is 0.268. The second kappa shape index (κ2) is 7.90. The van der Waals surface area contributed by atoms with E-state index in [1.807, 2.05) is 0 Å². The van der Waals surface area contributed by atoms with Gasteiger partial charge in [-0.05, 0) is 42.6 Å². The molecule has 3 N–H and O–H groups in total. The van der Waals surface area contributed by atoms with Crippen LogP contribution in [-0.4, -0.2) is 25.5 Å². The number of benzene rings is 1. The third-order valence-corrected chi connectivity index (χ3v) is 3.19. The third kappa shape index (κ3) is 5.21. The highest BCUT2D eigenvalue weighted by atomic mass is 16.1. The predicted molar refractivity (Wildman–Crippen MR) is 84.8 cm³/mol. The van der Waals surface area contributed by atoms with Crippen molar-refractivity contribution in [1.82, 2.24) is 5.32 Å². The molecule has 1 aromatic rings. The van der Waals surface area contributed by atoms with Crippen LogP contribution in [0.5, 0.6) is 0 Å². The van der Waals surface area contributed by atoms with Gasteiger partial charge in [0.25, 0.3) is 0 Å². The zero-order chi connectivity index (χ0) is 15.1. The molecule has 0 spiro atoms. The van der Waals surface area contributed by atoms with E-state index in [1.165, 1.54) is 11.1 Å². The number of hydrogen-bond donors (Lipinski definition) is 2. The van der Waals surface area contributed by atoms with Crippen LogP contribution in [0.25, 0.3) is 0 Å². The average molecular weight is 277 g/mol. The lowest BCUT2D eigenvalue weighted by Crippen LogP contribution is -2.36. The lowest BCUT2D eigenvalue weighted by Gasteiger charge is -2.26. The van der Waals surface area contributed by atoms with Gasteiger partial charge < -0.3 is 16.0 Å². The lowest BCUT2D eigenvalue weighted by molar-refractivity contribution is -0.116. The predicted octanol–water partition coefficient (Wildman–Crippen LogP) is 2.05. The molecule has 0 aliphatic rings. The standard InChI is InChI=1S/C16H27N3O/c1-5-18-9-14-6-7-15(8-13(14)4)19(10-12(2)3)11-16(17)20/h6-8,12,18H,5,9-11H2,1-4H3,(H2,17,20). The zero-order valence-electron chi connectivity index (χ0n) is 13.1. The monoisotopic (exact) mass is 277 g/mol. The molecule has 0 aromatic heterocycles. The first kappa shape index (κ1) is 16.5. The second-order valence-corrected chi connectivity index (χ2v) is 5.63. The van der Waals surface area contributed by atoms with Crippen molar-refractivity contribution in [2.24, 2.45) is 11.7 Å². The number of nitrogens with zero attached hydrogens (tertiary/aromatic N) is 1. The number of aryl methyl sites for hydroxylation is 1. The Balaban J connectivity index is 2.90. The van der Waals surface area contributed by atoms with E-state index in [9.17, 15) is 4.79 Å². The van der Waals surface area contributed by atoms with Gasteiger partial charge in [0.2, 0.25) is 5.91 Å². The summed E-state index contributed by atoms with van der Waals surface area (Å²) >= 11 is 0. The maximum atomic E-state index is 11.2. The normalized spacial score (nSPS) is 10.8. The van der Waals surface area contributed by atoms with E-state index >= 15 is 0 Å². The maximum Gasteiger partial charge on any atom is 0.236 e. The lowest BCUT2D eigenvalue weighted by atomic mass is 10.1. The molecule has 0 bridgehead atoms. The molecule has 0 atom stereocenters. The number of rotatable bonds is 8. The van der Waals surface area contributed by atoms with Gasteiger partial charge in [0.1, 0.15) is 0 Å². The molecule has 0 fully saturated rings. The Bertz CT molecular complexity index is 443. The van der Waals surface area contributed by atoms with Crippen LogP contribution in [-0.2, 0) is 11.3 Å². The van der Waals surface area contributed by atoms with E-state index in [0.29, 0.717) is 5.92 Å². The van der Waals surface area contributed by atoms with Crippen molar-refractivity contribution >= 4 is 11.6 Å². The molecule has 0 saturated carbocycles. The first-order valence-corrected chi connectivity index (χ1v) is 7.27. The minimum Gasteiger partial charge on any atom is -0.368 e. The Morgan fingerprint density at radius 1 is 1.40 bits per heavy atom. The smallest absolute Gasteiger partial charge is 0.236 e. The fourth-order valence-electron chi connectivity index (χ4n) is 2.22. The molecule has 0 heterocycles. The molecule has 4 nitrogen and oxygen atoms in total. The van der Waals surface area contributed by atoms with E-state index in [4.69, 9.17) is 5.73 Å². The van der Waals surface area contributed by atoms with Gasteiger partial charge in [-0.1, -0.05) is 26.8 Å². The first-order chi connectivity index (χ1) is 9.43. The van der Waals surface area contributed by atoms with Gasteiger partial charge in [0, 0.05) is 18.8 Å². The average Bonchev–Trinajstić information content (AvgIpc) is 2.35. The maximum absolute atomic E-state index is 11.2. The molecule has 112 valence electrons. The van der Waals surface area contributed by atoms with Crippen molar-refractivity contribution in [3.05, 3.63) is 29.3 Å². The Morgan fingerprint density at radius 3 is 2.60 bits per heavy atom. The first-order valence-electron chi connectivity index (χ1n) is 7.27. The topological polar surface area (TPSA) is 58.4 Å². The van der Waals surface area contributed by atoms with E-state index < -0.39 is 0 Å². The molecule has 1 rings (SSSR count). The number of nitrogens with two attached hydrogens (primary N) is 1. The summed E-state index contributed by atoms with van der Waals surface area (Å²) in [5.74, 6) is 0.191. The fraction of sp³-hybridized carbons (Fsp3) is 0.562. The number of carbonyl (C=O) groups is 1. The Labute approximate surface area is 122 Å². The van der Waals surface area contributed by atoms with Gasteiger partial charge in [-0.25, -0.2) is 0 Å². The molecule has 0 radical (unpaired) electrons. The summed E-state index contributed by atoms with van der Waals surface area (Å²) in [5.41, 5.74) is 8.94. The molecule has 1 aromatic carbocycles. The summed E-state index contributed by atoms with van der Waals surface area (Å²) < 4.78 is 0. The third-order valence-electron chi connectivity index (χ3n) is 3.19. The molecule has 0 aliphatic heterocycles. The van der Waals surface area contributed by atoms with Gasteiger partial charge in [0.15, 0.2) is 0 Å². The highest BCUT2D eigenvalue weighted by Gasteiger charge is 2.12. The van der Waals surface area contributed by atoms with Crippen LogP contribution in [0.1, 0.15) is 31.9 Å². The van der Waals surface area contributed by atoms with Crippen molar-refractivity contribution in [2.75, 3.05) is 24.5 Å². The minimum atomic E-state index is -0.292. The second-order valence-electron chi connectivity index (χ2n) is 5.63. The Hall–Kier alpha value is -1.55. The van der Waals surface area contributed by atoms with E-state index in [0.717, 1.165) is 25.3 Å². The molecule has 4 heteroatoms. The molecule has 0 saturated heterocycles. The molecule has 20 heavy (non-hydrogen) atoms. The number of amides is 1. The quantitative estimate of drug-likeness (QED) is 0.764. The van der Waals surface area contributed by atoms with Crippen molar-refractivity contribution < 1.29 is 4.79 Å². The summed E-state index contributed by atoms with van der Waals surface area (Å²) in [7, 11) is 0. The number of hydrogen-bond acceptors (Lipinski definition) is 3. The van der Waals surface area contributed by atoms with Gasteiger partial charge in [0.05, 0.1) is 6.54 Å². The SMILES string of the molecule is CCNCc1ccc(N(CC(N)=O)CC(C)C)cc1C. The molecular weight excluding hydrogens is 250 g/mol. The largest absolute Gasteiger partial charge is 0.368 e. The van der Waals surface area contributed by atoms with Crippen molar-refractivity contribution in [3.8, 4) is 0 Å². The number of primary amides is 1. The van der Waals surface area contributed by atoms with Crippen molar-refractivity contribution in [2.45, 2.75) is 34.2 Å². The Kier molecular flexibility index (Phi) is 6.52. The summed E-state index contributed by atoms with van der Waals surface area (Å²) in [6.07, 6.45) is 0. The van der Waals surface area contributed by atoms with Crippen LogP contribution < -0.4 is 16.0 Å². The summed E-state index contributed by atoms with van der Waals surface area (Å²) in [4.78, 5) is 13.3. The van der Waals surface area contributed by atoms with Crippen LogP contribution in [0, 0.1) is 12.8 Å². The van der Waals surface area contributed by atoms with E-state index in [-0.39, 0.29) is 12.5 Å². The zero-order valence-corrected chi connectivity index (χ0v) is 13.1. The highest BCUT2D eigenvalue weighted by Crippen LogP contribution is 2.20. The van der Waals surface area contributed by atoms with E-state index in [1.54, 1.807) is 0 Å². The van der Waals surface area contributed by atoms with E-state index in [2.05, 4.69) is 56.1 Å². The van der Waals surface area contributed by atoms with Gasteiger partial charge >= 0.3 is 0 Å². The molecule has 0 aliphatic carbocycles. The van der Waals surface area contributed by atoms with Gasteiger partial charge in [-0.15, -0.1) is 0 Å². The van der Waals surface area contributed by atoms with Crippen LogP contribution >= 0.6 is 0 Å². The number of carbonyl (C=O) groups excluding carboxylic acids is 1. The molecule has 0 unspecified atom stereocenters. The van der Waals surface area contributed by atoms with Gasteiger partial charge in [-0.2, -0.15) is 0 Å². The van der Waals surface area contributed by atoms with Crippen molar-refractivity contribution in [1.29, 1.82) is 0 Å². The number of nitrogens with one attached hydrogen (secondary N) is 1. The fourth-order valence-corrected chi connectivity index (χ4v) is 2.22. The van der Waals surface area contributed by atoms with Crippen LogP contribution in [0.4, 0.5) is 5.69 Å². The summed E-state index contributed by atoms with van der Waals surface area (Å²) in [5, 5.41) is 3.33. The molecular formula is C16H27N3O. The van der Waals surface area contributed by atoms with Gasteiger partial charge in [-0.3, -0.25) is 4.79 Å². The van der Waals surface area contributed by atoms with Crippen LogP contribution in [0.3, 0.4) is 0 Å². The summed E-state index contributed by atoms with van der Waals surface area (Å²) in [6, 6.07) is 6.34. The van der Waals surface area contributed by atoms with Crippen LogP contribution in [0.2, 0.25) is 0 Å². The van der Waals surface area contributed by atoms with Crippen molar-refractivity contribution in [3.63, 3.8) is 0 Å². The Morgan fingerprint density at radius 2 is 2.10 bits per heavy atom.